The second-order valence-corrected chi connectivity index (χ2v) is 7.05. The van der Waals surface area contributed by atoms with Crippen LogP contribution in [0.25, 0.3) is 11.3 Å². The summed E-state index contributed by atoms with van der Waals surface area (Å²) in [5.74, 6) is -0.0737. The van der Waals surface area contributed by atoms with E-state index in [2.05, 4.69) is 10.3 Å². The predicted molar refractivity (Wildman–Crippen MR) is 104 cm³/mol. The van der Waals surface area contributed by atoms with Crippen LogP contribution in [0.1, 0.15) is 5.56 Å². The van der Waals surface area contributed by atoms with Gasteiger partial charge in [-0.3, -0.25) is 9.69 Å². The smallest absolute Gasteiger partial charge is 0.240 e. The molecule has 0 unspecified atom stereocenters. The fourth-order valence-electron chi connectivity index (χ4n) is 2.44. The molecule has 2 aromatic carbocycles. The van der Waals surface area contributed by atoms with Crippen molar-refractivity contribution in [3.63, 3.8) is 0 Å². The van der Waals surface area contributed by atoms with E-state index in [-0.39, 0.29) is 5.91 Å². The van der Waals surface area contributed by atoms with Gasteiger partial charge in [0.15, 0.2) is 5.13 Å². The summed E-state index contributed by atoms with van der Waals surface area (Å²) >= 11 is 7.31. The first-order valence-electron chi connectivity index (χ1n) is 7.84. The first-order chi connectivity index (χ1) is 12.1. The highest BCUT2D eigenvalue weighted by atomic mass is 35.5. The number of halogens is 1. The number of carbonyl (C=O) groups is 1. The van der Waals surface area contributed by atoms with E-state index in [1.807, 2.05) is 71.9 Å². The van der Waals surface area contributed by atoms with Crippen LogP contribution >= 0.6 is 22.9 Å². The summed E-state index contributed by atoms with van der Waals surface area (Å²) in [6.45, 7) is 1.03. The fraction of sp³-hybridized carbons (Fsp3) is 0.158. The van der Waals surface area contributed by atoms with Crippen LogP contribution in [0.4, 0.5) is 5.13 Å². The van der Waals surface area contributed by atoms with Crippen LogP contribution in [0.3, 0.4) is 0 Å². The van der Waals surface area contributed by atoms with Crippen LogP contribution in [0.15, 0.2) is 60.0 Å². The zero-order valence-electron chi connectivity index (χ0n) is 13.8. The monoisotopic (exact) mass is 371 g/mol. The number of aromatic nitrogens is 1. The third-order valence-electron chi connectivity index (χ3n) is 3.60. The Labute approximate surface area is 156 Å². The molecule has 6 heteroatoms. The highest BCUT2D eigenvalue weighted by molar-refractivity contribution is 7.14. The minimum Gasteiger partial charge on any atom is -0.301 e. The molecule has 1 N–H and O–H groups in total. The summed E-state index contributed by atoms with van der Waals surface area (Å²) in [4.78, 5) is 18.6. The molecular weight excluding hydrogens is 354 g/mol. The lowest BCUT2D eigenvalue weighted by atomic mass is 10.2. The van der Waals surface area contributed by atoms with Crippen LogP contribution in [0, 0.1) is 0 Å². The Hall–Kier alpha value is -2.21. The maximum atomic E-state index is 12.2. The van der Waals surface area contributed by atoms with E-state index in [0.29, 0.717) is 16.7 Å². The molecule has 3 aromatic rings. The van der Waals surface area contributed by atoms with Crippen LogP contribution in [-0.2, 0) is 11.3 Å². The summed E-state index contributed by atoms with van der Waals surface area (Å²) in [5, 5.41) is 6.07. The van der Waals surface area contributed by atoms with Gasteiger partial charge in [0, 0.05) is 22.5 Å². The highest BCUT2D eigenvalue weighted by Gasteiger charge is 2.10. The van der Waals surface area contributed by atoms with Crippen molar-refractivity contribution in [2.45, 2.75) is 6.54 Å². The van der Waals surface area contributed by atoms with Gasteiger partial charge in [-0.25, -0.2) is 4.98 Å². The third-order valence-corrected chi connectivity index (χ3v) is 4.61. The van der Waals surface area contributed by atoms with Gasteiger partial charge >= 0.3 is 0 Å². The van der Waals surface area contributed by atoms with E-state index in [4.69, 9.17) is 11.6 Å². The molecule has 1 amide bonds. The molecular formula is C19H18ClN3OS. The van der Waals surface area contributed by atoms with Gasteiger partial charge in [0.05, 0.1) is 12.2 Å². The molecule has 0 saturated carbocycles. The zero-order valence-corrected chi connectivity index (χ0v) is 15.3. The first kappa shape index (κ1) is 17.6. The number of benzene rings is 2. The Morgan fingerprint density at radius 2 is 1.88 bits per heavy atom. The van der Waals surface area contributed by atoms with E-state index >= 15 is 0 Å². The molecule has 0 radical (unpaired) electrons. The number of nitrogens with zero attached hydrogens (tertiary/aromatic N) is 2. The molecule has 25 heavy (non-hydrogen) atoms. The molecule has 1 aromatic heterocycles. The molecule has 0 bridgehead atoms. The Kier molecular flexibility index (Phi) is 5.81. The van der Waals surface area contributed by atoms with Crippen molar-refractivity contribution in [2.24, 2.45) is 0 Å². The molecule has 0 aliphatic rings. The summed E-state index contributed by atoms with van der Waals surface area (Å²) in [5.41, 5.74) is 2.98. The van der Waals surface area contributed by atoms with Gasteiger partial charge in [0.25, 0.3) is 0 Å². The molecule has 0 fully saturated rings. The van der Waals surface area contributed by atoms with E-state index in [0.717, 1.165) is 17.8 Å². The number of hydrogen-bond donors (Lipinski definition) is 1. The Balaban J connectivity index is 1.55. The molecule has 0 aliphatic carbocycles. The van der Waals surface area contributed by atoms with Gasteiger partial charge in [-0.05, 0) is 24.7 Å². The Bertz CT molecular complexity index is 833. The Morgan fingerprint density at radius 1 is 1.16 bits per heavy atom. The van der Waals surface area contributed by atoms with Gasteiger partial charge in [-0.1, -0.05) is 54.1 Å². The summed E-state index contributed by atoms with van der Waals surface area (Å²) in [6.07, 6.45) is 0. The average Bonchev–Trinajstić information content (AvgIpc) is 3.04. The molecule has 3 rings (SSSR count). The van der Waals surface area contributed by atoms with Crippen LogP contribution in [0.5, 0.6) is 0 Å². The van der Waals surface area contributed by atoms with Crippen LogP contribution in [-0.4, -0.2) is 29.4 Å². The quantitative estimate of drug-likeness (QED) is 0.692. The summed E-state index contributed by atoms with van der Waals surface area (Å²) in [6, 6.07) is 17.6. The predicted octanol–water partition coefficient (Wildman–Crippen LogP) is 4.53. The molecule has 0 spiro atoms. The molecule has 4 nitrogen and oxygen atoms in total. The molecule has 1 heterocycles. The fourth-order valence-corrected chi connectivity index (χ4v) is 3.30. The average molecular weight is 372 g/mol. The van der Waals surface area contributed by atoms with E-state index in [1.54, 1.807) is 0 Å². The molecule has 128 valence electrons. The highest BCUT2D eigenvalue weighted by Crippen LogP contribution is 2.25. The van der Waals surface area contributed by atoms with E-state index in [9.17, 15) is 4.79 Å². The SMILES string of the molecule is CN(CC(=O)Nc1nc(-c2ccc(Cl)cc2)cs1)Cc1ccccc1. The standard InChI is InChI=1S/C19H18ClN3OS/c1-23(11-14-5-3-2-4-6-14)12-18(24)22-19-21-17(13-25-19)15-7-9-16(20)10-8-15/h2-10,13H,11-12H2,1H3,(H,21,22,24). The van der Waals surface area contributed by atoms with Gasteiger partial charge < -0.3 is 5.32 Å². The molecule has 0 aliphatic heterocycles. The minimum atomic E-state index is -0.0737. The normalized spacial score (nSPS) is 10.8. The maximum absolute atomic E-state index is 12.2. The topological polar surface area (TPSA) is 45.2 Å². The number of carbonyl (C=O) groups excluding carboxylic acids is 1. The number of anilines is 1. The third kappa shape index (κ3) is 5.13. The number of rotatable bonds is 6. The largest absolute Gasteiger partial charge is 0.301 e. The van der Waals surface area contributed by atoms with Crippen LogP contribution in [0.2, 0.25) is 5.02 Å². The molecule has 0 saturated heterocycles. The number of thiazole rings is 1. The summed E-state index contributed by atoms with van der Waals surface area (Å²) in [7, 11) is 1.92. The lowest BCUT2D eigenvalue weighted by Gasteiger charge is -2.15. The van der Waals surface area contributed by atoms with Crippen molar-refractivity contribution in [2.75, 3.05) is 18.9 Å². The van der Waals surface area contributed by atoms with Crippen molar-refractivity contribution >= 4 is 34.0 Å². The van der Waals surface area contributed by atoms with Gasteiger partial charge in [-0.15, -0.1) is 11.3 Å². The lowest BCUT2D eigenvalue weighted by molar-refractivity contribution is -0.117. The number of amides is 1. The van der Waals surface area contributed by atoms with Gasteiger partial charge in [-0.2, -0.15) is 0 Å². The van der Waals surface area contributed by atoms with Crippen molar-refractivity contribution in [1.82, 2.24) is 9.88 Å². The van der Waals surface area contributed by atoms with Gasteiger partial charge in [0.2, 0.25) is 5.91 Å². The zero-order chi connectivity index (χ0) is 17.6. The Morgan fingerprint density at radius 3 is 2.60 bits per heavy atom. The number of hydrogen-bond acceptors (Lipinski definition) is 4. The van der Waals surface area contributed by atoms with E-state index < -0.39 is 0 Å². The second kappa shape index (κ2) is 8.25. The molecule has 0 atom stereocenters. The van der Waals surface area contributed by atoms with Gasteiger partial charge in [0.1, 0.15) is 0 Å². The number of nitrogens with one attached hydrogen (secondary N) is 1. The lowest BCUT2D eigenvalue weighted by Crippen LogP contribution is -2.29. The van der Waals surface area contributed by atoms with Crippen molar-refractivity contribution < 1.29 is 4.79 Å². The van der Waals surface area contributed by atoms with Crippen LogP contribution < -0.4 is 5.32 Å². The maximum Gasteiger partial charge on any atom is 0.240 e. The van der Waals surface area contributed by atoms with Crippen molar-refractivity contribution in [3.8, 4) is 11.3 Å². The van der Waals surface area contributed by atoms with Crippen molar-refractivity contribution in [3.05, 3.63) is 70.6 Å². The van der Waals surface area contributed by atoms with Crippen molar-refractivity contribution in [1.29, 1.82) is 0 Å². The minimum absolute atomic E-state index is 0.0737. The second-order valence-electron chi connectivity index (χ2n) is 5.75. The van der Waals surface area contributed by atoms with E-state index in [1.165, 1.54) is 16.9 Å². The summed E-state index contributed by atoms with van der Waals surface area (Å²) < 4.78 is 0. The number of likely N-dealkylation sites (N-methyl/N-ethyl adjacent to an activating group) is 1. The first-order valence-corrected chi connectivity index (χ1v) is 9.10.